The molecular formula is C14H16F2N4. The van der Waals surface area contributed by atoms with Crippen LogP contribution in [0.1, 0.15) is 24.2 Å². The molecule has 0 bridgehead atoms. The lowest BCUT2D eigenvalue weighted by molar-refractivity contribution is 0.229. The number of aromatic nitrogens is 3. The first-order chi connectivity index (χ1) is 9.65. The van der Waals surface area contributed by atoms with Gasteiger partial charge in [-0.05, 0) is 25.0 Å². The second kappa shape index (κ2) is 5.28. The van der Waals surface area contributed by atoms with Gasteiger partial charge in [-0.2, -0.15) is 5.10 Å². The molecule has 6 heteroatoms. The Bertz CT molecular complexity index is 587. The quantitative estimate of drug-likeness (QED) is 0.841. The van der Waals surface area contributed by atoms with E-state index in [1.165, 1.54) is 24.5 Å². The first-order valence-electron chi connectivity index (χ1n) is 6.65. The summed E-state index contributed by atoms with van der Waals surface area (Å²) >= 11 is 0. The van der Waals surface area contributed by atoms with Crippen LogP contribution in [0.3, 0.4) is 0 Å². The Balaban J connectivity index is 1.80. The summed E-state index contributed by atoms with van der Waals surface area (Å²) in [4.78, 5) is 6.24. The summed E-state index contributed by atoms with van der Waals surface area (Å²) in [5.74, 6) is -0.184. The average molecular weight is 278 g/mol. The second-order valence-corrected chi connectivity index (χ2v) is 5.14. The Morgan fingerprint density at radius 3 is 2.50 bits per heavy atom. The highest BCUT2D eigenvalue weighted by atomic mass is 19.1. The number of aryl methyl sites for hydroxylation is 1. The number of hydrogen-bond acceptors (Lipinski definition) is 3. The monoisotopic (exact) mass is 278 g/mol. The molecule has 0 saturated heterocycles. The lowest BCUT2D eigenvalue weighted by atomic mass is 10.2. The number of halogens is 2. The first kappa shape index (κ1) is 13.2. The molecule has 106 valence electrons. The van der Waals surface area contributed by atoms with Crippen LogP contribution in [0, 0.1) is 11.6 Å². The maximum atomic E-state index is 13.8. The van der Waals surface area contributed by atoms with Crippen molar-refractivity contribution in [3.8, 4) is 0 Å². The molecule has 1 fully saturated rings. The van der Waals surface area contributed by atoms with Gasteiger partial charge < -0.3 is 0 Å². The molecule has 1 aliphatic carbocycles. The Kier molecular flexibility index (Phi) is 3.48. The van der Waals surface area contributed by atoms with Crippen LogP contribution in [0.15, 0.2) is 24.5 Å². The summed E-state index contributed by atoms with van der Waals surface area (Å²) < 4.78 is 29.2. The minimum Gasteiger partial charge on any atom is -0.288 e. The Morgan fingerprint density at radius 2 is 1.95 bits per heavy atom. The van der Waals surface area contributed by atoms with E-state index in [9.17, 15) is 8.78 Å². The van der Waals surface area contributed by atoms with Crippen LogP contribution in [-0.4, -0.2) is 25.7 Å². The van der Waals surface area contributed by atoms with Crippen molar-refractivity contribution in [2.24, 2.45) is 7.05 Å². The van der Waals surface area contributed by atoms with Gasteiger partial charge in [-0.15, -0.1) is 0 Å². The SMILES string of the molecule is Cn1ncnc1CN(Cc1c(F)cccc1F)C1CC1. The number of hydrogen-bond donors (Lipinski definition) is 0. The number of nitrogens with zero attached hydrogens (tertiary/aromatic N) is 4. The van der Waals surface area contributed by atoms with E-state index in [0.717, 1.165) is 18.7 Å². The predicted molar refractivity (Wildman–Crippen MR) is 69.6 cm³/mol. The minimum absolute atomic E-state index is 0.126. The van der Waals surface area contributed by atoms with Crippen LogP contribution in [0.25, 0.3) is 0 Å². The number of benzene rings is 1. The van der Waals surface area contributed by atoms with Crippen molar-refractivity contribution < 1.29 is 8.78 Å². The van der Waals surface area contributed by atoms with Gasteiger partial charge in [0.15, 0.2) is 0 Å². The fraction of sp³-hybridized carbons (Fsp3) is 0.429. The van der Waals surface area contributed by atoms with Crippen molar-refractivity contribution in [3.63, 3.8) is 0 Å². The van der Waals surface area contributed by atoms with Crippen LogP contribution >= 0.6 is 0 Å². The minimum atomic E-state index is -0.492. The highest BCUT2D eigenvalue weighted by Crippen LogP contribution is 2.30. The Hall–Kier alpha value is -1.82. The van der Waals surface area contributed by atoms with E-state index >= 15 is 0 Å². The van der Waals surface area contributed by atoms with Gasteiger partial charge in [-0.25, -0.2) is 13.8 Å². The summed E-state index contributed by atoms with van der Waals surface area (Å²) in [7, 11) is 1.82. The van der Waals surface area contributed by atoms with Gasteiger partial charge >= 0.3 is 0 Å². The molecule has 0 radical (unpaired) electrons. The zero-order valence-corrected chi connectivity index (χ0v) is 11.3. The lowest BCUT2D eigenvalue weighted by Gasteiger charge is -2.21. The van der Waals surface area contributed by atoms with Crippen molar-refractivity contribution in [2.75, 3.05) is 0 Å². The van der Waals surface area contributed by atoms with Gasteiger partial charge in [0.2, 0.25) is 0 Å². The van der Waals surface area contributed by atoms with E-state index in [-0.39, 0.29) is 12.1 Å². The van der Waals surface area contributed by atoms with Crippen molar-refractivity contribution in [1.29, 1.82) is 0 Å². The molecule has 0 spiro atoms. The summed E-state index contributed by atoms with van der Waals surface area (Å²) in [5.41, 5.74) is 0.126. The number of rotatable bonds is 5. The topological polar surface area (TPSA) is 34.0 Å². The van der Waals surface area contributed by atoms with Crippen molar-refractivity contribution in [1.82, 2.24) is 19.7 Å². The maximum absolute atomic E-state index is 13.8. The lowest BCUT2D eigenvalue weighted by Crippen LogP contribution is -2.27. The average Bonchev–Trinajstić information content (AvgIpc) is 3.18. The largest absolute Gasteiger partial charge is 0.288 e. The zero-order chi connectivity index (χ0) is 14.1. The molecule has 2 aromatic rings. The molecule has 0 unspecified atom stereocenters. The molecule has 3 rings (SSSR count). The van der Waals surface area contributed by atoms with Gasteiger partial charge in [0, 0.05) is 25.2 Å². The third-order valence-electron chi connectivity index (χ3n) is 3.64. The van der Waals surface area contributed by atoms with E-state index in [0.29, 0.717) is 12.6 Å². The molecule has 0 amide bonds. The van der Waals surface area contributed by atoms with Crippen LogP contribution in [0.5, 0.6) is 0 Å². The van der Waals surface area contributed by atoms with Gasteiger partial charge in [-0.3, -0.25) is 9.58 Å². The fourth-order valence-electron chi connectivity index (χ4n) is 2.29. The Labute approximate surface area is 116 Å². The molecular weight excluding hydrogens is 262 g/mol. The van der Waals surface area contributed by atoms with Crippen molar-refractivity contribution in [3.05, 3.63) is 47.5 Å². The zero-order valence-electron chi connectivity index (χ0n) is 11.3. The smallest absolute Gasteiger partial charge is 0.140 e. The molecule has 1 aromatic carbocycles. The predicted octanol–water partition coefficient (Wildman–Crippen LogP) is 2.26. The summed E-state index contributed by atoms with van der Waals surface area (Å²) in [6, 6.07) is 4.36. The molecule has 0 atom stereocenters. The van der Waals surface area contributed by atoms with Crippen LogP contribution < -0.4 is 0 Å². The third kappa shape index (κ3) is 2.70. The molecule has 1 saturated carbocycles. The first-order valence-corrected chi connectivity index (χ1v) is 6.65. The maximum Gasteiger partial charge on any atom is 0.140 e. The standard InChI is InChI=1S/C14H16F2N4/c1-19-14(17-9-18-19)8-20(10-5-6-10)7-11-12(15)3-2-4-13(11)16/h2-4,9-10H,5-8H2,1H3. The van der Waals surface area contributed by atoms with Gasteiger partial charge in [-0.1, -0.05) is 6.07 Å². The van der Waals surface area contributed by atoms with E-state index in [4.69, 9.17) is 0 Å². The van der Waals surface area contributed by atoms with Crippen molar-refractivity contribution in [2.45, 2.75) is 32.0 Å². The molecule has 0 N–H and O–H groups in total. The van der Waals surface area contributed by atoms with E-state index < -0.39 is 11.6 Å². The van der Waals surface area contributed by atoms with Crippen molar-refractivity contribution >= 4 is 0 Å². The summed E-state index contributed by atoms with van der Waals surface area (Å²) in [6.45, 7) is 0.810. The third-order valence-corrected chi connectivity index (χ3v) is 3.64. The van der Waals surface area contributed by atoms with Crippen LogP contribution in [-0.2, 0) is 20.1 Å². The highest BCUT2D eigenvalue weighted by Gasteiger charge is 2.31. The second-order valence-electron chi connectivity index (χ2n) is 5.14. The molecule has 1 aromatic heterocycles. The van der Waals surface area contributed by atoms with Gasteiger partial charge in [0.1, 0.15) is 23.8 Å². The van der Waals surface area contributed by atoms with Crippen LogP contribution in [0.2, 0.25) is 0 Å². The normalized spacial score (nSPS) is 15.0. The highest BCUT2D eigenvalue weighted by molar-refractivity contribution is 5.20. The summed E-state index contributed by atoms with van der Waals surface area (Å²) in [6.07, 6.45) is 3.62. The fourth-order valence-corrected chi connectivity index (χ4v) is 2.29. The molecule has 4 nitrogen and oxygen atoms in total. The van der Waals surface area contributed by atoms with E-state index in [1.807, 2.05) is 7.05 Å². The van der Waals surface area contributed by atoms with E-state index in [1.54, 1.807) is 4.68 Å². The summed E-state index contributed by atoms with van der Waals surface area (Å²) in [5, 5.41) is 4.02. The molecule has 1 aliphatic rings. The molecule has 0 aliphatic heterocycles. The van der Waals surface area contributed by atoms with E-state index in [2.05, 4.69) is 15.0 Å². The van der Waals surface area contributed by atoms with Gasteiger partial charge in [0.05, 0.1) is 6.54 Å². The molecule has 20 heavy (non-hydrogen) atoms. The van der Waals surface area contributed by atoms with Gasteiger partial charge in [0.25, 0.3) is 0 Å². The molecule has 1 heterocycles. The Morgan fingerprint density at radius 1 is 1.25 bits per heavy atom. The van der Waals surface area contributed by atoms with Crippen LogP contribution in [0.4, 0.5) is 8.78 Å².